The van der Waals surface area contributed by atoms with E-state index in [1.807, 2.05) is 0 Å². The zero-order chi connectivity index (χ0) is 16.4. The standard InChI is InChI=1S/C20H27NO3.ClH/c1-8-3-19-6-10-15-18(2)4-9(22)5-20(15)16(19)14(24)11(8)13(23)12(19)17(20)21(10)7-18;/h9-17,22-24H,1,3-7H2,2H3;1H/t9-,10?,11-,12?,13+,14+,15?,16?,17+,18-,19-,20?;/m0./s1. The quantitative estimate of drug-likeness (QED) is 0.335. The van der Waals surface area contributed by atoms with Crippen molar-refractivity contribution in [3.8, 4) is 0 Å². The van der Waals surface area contributed by atoms with Crippen molar-refractivity contribution in [2.75, 3.05) is 6.54 Å². The lowest BCUT2D eigenvalue weighted by molar-refractivity contribution is -0.945. The Balaban J connectivity index is 0.00000129. The van der Waals surface area contributed by atoms with Crippen molar-refractivity contribution in [3.63, 3.8) is 0 Å². The molecule has 4 N–H and O–H groups in total. The maximum Gasteiger partial charge on any atom is 0.100 e. The molecule has 0 radical (unpaired) electrons. The van der Waals surface area contributed by atoms with Crippen molar-refractivity contribution in [1.82, 2.24) is 0 Å². The third kappa shape index (κ3) is 1.22. The zero-order valence-electron chi connectivity index (χ0n) is 14.7. The molecule has 6 unspecified atom stereocenters. The van der Waals surface area contributed by atoms with Crippen molar-refractivity contribution in [3.05, 3.63) is 12.2 Å². The van der Waals surface area contributed by atoms with Gasteiger partial charge in [0, 0.05) is 40.9 Å². The van der Waals surface area contributed by atoms with Gasteiger partial charge in [-0.2, -0.15) is 0 Å². The minimum Gasteiger partial charge on any atom is -1.00 e. The number of quaternary nitrogens is 1. The molecule has 3 heterocycles. The second kappa shape index (κ2) is 4.00. The van der Waals surface area contributed by atoms with E-state index in [9.17, 15) is 15.3 Å². The lowest BCUT2D eigenvalue weighted by Crippen LogP contribution is -3.19. The largest absolute Gasteiger partial charge is 1.00 e. The minimum atomic E-state index is -0.446. The van der Waals surface area contributed by atoms with Gasteiger partial charge in [-0.25, -0.2) is 0 Å². The molecule has 0 amide bonds. The van der Waals surface area contributed by atoms with Crippen molar-refractivity contribution in [1.29, 1.82) is 0 Å². The smallest absolute Gasteiger partial charge is 0.100 e. The predicted octanol–water partition coefficient (Wildman–Crippen LogP) is -3.65. The molecule has 4 nitrogen and oxygen atoms in total. The molecule has 6 saturated carbocycles. The van der Waals surface area contributed by atoms with Gasteiger partial charge in [0.1, 0.15) is 6.04 Å². The zero-order valence-corrected chi connectivity index (χ0v) is 15.4. The summed E-state index contributed by atoms with van der Waals surface area (Å²) in [5, 5.41) is 33.4. The van der Waals surface area contributed by atoms with Gasteiger partial charge in [0.2, 0.25) is 0 Å². The lowest BCUT2D eigenvalue weighted by atomic mass is 9.39. The first kappa shape index (κ1) is 15.9. The molecule has 138 valence electrons. The molecule has 25 heavy (non-hydrogen) atoms. The molecule has 9 bridgehead atoms. The van der Waals surface area contributed by atoms with Crippen molar-refractivity contribution in [2.24, 2.45) is 39.9 Å². The van der Waals surface area contributed by atoms with Crippen LogP contribution in [-0.4, -0.2) is 52.3 Å². The molecule has 2 spiro atoms. The number of rotatable bonds is 0. The van der Waals surface area contributed by atoms with Crippen LogP contribution < -0.4 is 17.3 Å². The number of hydrogen-bond acceptors (Lipinski definition) is 3. The SMILES string of the molecule is C=C1C[C@]23CC4C5C67C[C@@H](O)C[C@@]5(C)C[NH+]4[C@@H]6C2[C@H](O)[C@H]1[C@@H](O)C73.[Cl-]. The van der Waals surface area contributed by atoms with E-state index in [0.717, 1.165) is 24.8 Å². The molecular weight excluding hydrogens is 338 g/mol. The summed E-state index contributed by atoms with van der Waals surface area (Å²) in [4.78, 5) is 1.73. The first-order valence-electron chi connectivity index (χ1n) is 9.93. The van der Waals surface area contributed by atoms with Crippen molar-refractivity contribution >= 4 is 0 Å². The van der Waals surface area contributed by atoms with Gasteiger partial charge in [0.05, 0.1) is 30.9 Å². The third-order valence-corrected chi connectivity index (χ3v) is 10.4. The van der Waals surface area contributed by atoms with Crippen molar-refractivity contribution < 1.29 is 32.6 Å². The fourth-order valence-corrected chi connectivity index (χ4v) is 11.0. The van der Waals surface area contributed by atoms with E-state index in [-0.39, 0.29) is 46.6 Å². The van der Waals surface area contributed by atoms with E-state index in [0.29, 0.717) is 23.9 Å². The van der Waals surface area contributed by atoms with Crippen LogP contribution in [-0.2, 0) is 0 Å². The van der Waals surface area contributed by atoms with Crippen LogP contribution in [0.4, 0.5) is 0 Å². The van der Waals surface area contributed by atoms with E-state index in [4.69, 9.17) is 0 Å². The van der Waals surface area contributed by atoms with Gasteiger partial charge in [0.15, 0.2) is 0 Å². The van der Waals surface area contributed by atoms with E-state index in [2.05, 4.69) is 13.5 Å². The Hall–Kier alpha value is -0.130. The highest BCUT2D eigenvalue weighted by Gasteiger charge is 2.93. The van der Waals surface area contributed by atoms with E-state index in [1.54, 1.807) is 4.90 Å². The van der Waals surface area contributed by atoms with Crippen LogP contribution in [0.5, 0.6) is 0 Å². The van der Waals surface area contributed by atoms with Crippen LogP contribution in [0.2, 0.25) is 0 Å². The highest BCUT2D eigenvalue weighted by molar-refractivity contribution is 5.39. The molecule has 0 aromatic carbocycles. The highest BCUT2D eigenvalue weighted by Crippen LogP contribution is 2.82. The Morgan fingerprint density at radius 2 is 1.84 bits per heavy atom. The van der Waals surface area contributed by atoms with Gasteiger partial charge in [-0.3, -0.25) is 0 Å². The molecule has 13 atom stereocenters. The van der Waals surface area contributed by atoms with Gasteiger partial charge in [0.25, 0.3) is 0 Å². The molecule has 5 heteroatoms. The van der Waals surface area contributed by atoms with Gasteiger partial charge in [-0.05, 0) is 24.7 Å². The van der Waals surface area contributed by atoms with Gasteiger partial charge >= 0.3 is 0 Å². The summed E-state index contributed by atoms with van der Waals surface area (Å²) in [5.41, 5.74) is 1.47. The molecular formula is C20H28ClNO3. The first-order chi connectivity index (χ1) is 11.4. The molecule has 0 aromatic rings. The average molecular weight is 366 g/mol. The molecule has 9 rings (SSSR count). The second-order valence-corrected chi connectivity index (χ2v) is 10.9. The third-order valence-electron chi connectivity index (χ3n) is 10.4. The lowest BCUT2D eigenvalue weighted by Gasteiger charge is -2.64. The van der Waals surface area contributed by atoms with E-state index < -0.39 is 12.2 Å². The summed E-state index contributed by atoms with van der Waals surface area (Å²) in [6.07, 6.45) is 2.90. The maximum atomic E-state index is 11.4. The normalized spacial score (nSPS) is 73.0. The maximum absolute atomic E-state index is 11.4. The number of nitrogens with one attached hydrogen (secondary N) is 1. The summed E-state index contributed by atoms with van der Waals surface area (Å²) < 4.78 is 0. The van der Waals surface area contributed by atoms with Crippen LogP contribution in [0.15, 0.2) is 12.2 Å². The molecule has 6 aliphatic carbocycles. The number of halogens is 1. The van der Waals surface area contributed by atoms with Crippen LogP contribution >= 0.6 is 0 Å². The minimum absolute atomic E-state index is 0. The van der Waals surface area contributed by atoms with E-state index >= 15 is 0 Å². The van der Waals surface area contributed by atoms with Crippen LogP contribution in [0, 0.1) is 39.9 Å². The van der Waals surface area contributed by atoms with Gasteiger partial charge in [-0.15, -0.1) is 0 Å². The Bertz CT molecular complexity index is 715. The predicted molar refractivity (Wildman–Crippen MR) is 86.0 cm³/mol. The van der Waals surface area contributed by atoms with Gasteiger partial charge < -0.3 is 32.6 Å². The van der Waals surface area contributed by atoms with E-state index in [1.165, 1.54) is 13.0 Å². The summed E-state index contributed by atoms with van der Waals surface area (Å²) in [7, 11) is 0. The Morgan fingerprint density at radius 3 is 2.60 bits per heavy atom. The Kier molecular flexibility index (Phi) is 2.54. The number of piperidine rings is 2. The molecule has 3 saturated heterocycles. The number of aliphatic hydroxyl groups is 3. The Morgan fingerprint density at radius 1 is 1.08 bits per heavy atom. The second-order valence-electron chi connectivity index (χ2n) is 10.9. The summed E-state index contributed by atoms with van der Waals surface area (Å²) in [6, 6.07) is 1.17. The summed E-state index contributed by atoms with van der Waals surface area (Å²) >= 11 is 0. The van der Waals surface area contributed by atoms with Gasteiger partial charge in [-0.1, -0.05) is 19.1 Å². The van der Waals surface area contributed by atoms with Crippen molar-refractivity contribution in [2.45, 2.75) is 63.0 Å². The molecule has 3 aliphatic heterocycles. The molecule has 9 aliphatic rings. The summed E-state index contributed by atoms with van der Waals surface area (Å²) in [5.74, 6) is 1.13. The number of hydrogen-bond donors (Lipinski definition) is 4. The molecule has 9 fully saturated rings. The van der Waals surface area contributed by atoms with Crippen LogP contribution in [0.3, 0.4) is 0 Å². The topological polar surface area (TPSA) is 65.1 Å². The fourth-order valence-electron chi connectivity index (χ4n) is 11.0. The first-order valence-corrected chi connectivity index (χ1v) is 9.93. The number of aliphatic hydroxyl groups excluding tert-OH is 3. The molecule has 0 aromatic heterocycles. The average Bonchev–Trinajstić information content (AvgIpc) is 2.88. The monoisotopic (exact) mass is 365 g/mol. The fraction of sp³-hybridized carbons (Fsp3) is 0.900. The number of fused-ring (bicyclic) bond motifs is 1. The summed E-state index contributed by atoms with van der Waals surface area (Å²) in [6.45, 7) is 7.83. The van der Waals surface area contributed by atoms with Crippen LogP contribution in [0.25, 0.3) is 0 Å². The Labute approximate surface area is 154 Å². The highest BCUT2D eigenvalue weighted by atomic mass is 35.5. The van der Waals surface area contributed by atoms with Crippen LogP contribution in [0.1, 0.15) is 32.6 Å².